The van der Waals surface area contributed by atoms with Crippen LogP contribution in [0.3, 0.4) is 0 Å². The number of hydrogen-bond acceptors (Lipinski definition) is 5. The van der Waals surface area contributed by atoms with Gasteiger partial charge in [-0.3, -0.25) is 9.79 Å². The van der Waals surface area contributed by atoms with Gasteiger partial charge in [0.05, 0.1) is 20.5 Å². The Hall–Kier alpha value is -3.16. The van der Waals surface area contributed by atoms with Crippen molar-refractivity contribution in [3.63, 3.8) is 0 Å². The smallest absolute Gasteiger partial charge is 0.287 e. The monoisotopic (exact) mass is 360 g/mol. The summed E-state index contributed by atoms with van der Waals surface area (Å²) >= 11 is 0. The van der Waals surface area contributed by atoms with Crippen LogP contribution >= 0.6 is 0 Å². The molecule has 0 fully saturated rings. The molecule has 1 aromatic carbocycles. The molecule has 0 saturated heterocycles. The lowest BCUT2D eigenvalue weighted by Crippen LogP contribution is -2.41. The number of hydrogen-bond donors (Lipinski definition) is 3. The Morgan fingerprint density at radius 1 is 1.12 bits per heavy atom. The molecule has 8 nitrogen and oxygen atoms in total. The van der Waals surface area contributed by atoms with Gasteiger partial charge in [-0.2, -0.15) is 0 Å². The number of amides is 1. The predicted octanol–water partition coefficient (Wildman–Crippen LogP) is 1.39. The van der Waals surface area contributed by atoms with Gasteiger partial charge in [0.2, 0.25) is 0 Å². The highest BCUT2D eigenvalue weighted by atomic mass is 16.5. The molecule has 8 heteroatoms. The van der Waals surface area contributed by atoms with Crippen molar-refractivity contribution < 1.29 is 18.7 Å². The zero-order chi connectivity index (χ0) is 18.8. The molecule has 0 unspecified atom stereocenters. The quantitative estimate of drug-likeness (QED) is 0.374. The van der Waals surface area contributed by atoms with Crippen molar-refractivity contribution in [2.75, 3.05) is 34.4 Å². The first-order chi connectivity index (χ1) is 12.7. The number of guanidine groups is 1. The van der Waals surface area contributed by atoms with Crippen LogP contribution < -0.4 is 25.4 Å². The molecular formula is C18H24N4O4. The average molecular weight is 360 g/mol. The summed E-state index contributed by atoms with van der Waals surface area (Å²) < 4.78 is 15.6. The maximum Gasteiger partial charge on any atom is 0.287 e. The Balaban J connectivity index is 1.76. The van der Waals surface area contributed by atoms with E-state index in [9.17, 15) is 4.79 Å². The van der Waals surface area contributed by atoms with E-state index in [1.807, 2.05) is 18.2 Å². The summed E-state index contributed by atoms with van der Waals surface area (Å²) in [7, 11) is 4.91. The first-order valence-corrected chi connectivity index (χ1v) is 8.15. The Kier molecular flexibility index (Phi) is 7.35. The molecule has 3 N–H and O–H groups in total. The molecule has 0 radical (unpaired) electrons. The van der Waals surface area contributed by atoms with Crippen LogP contribution in [0.25, 0.3) is 0 Å². The average Bonchev–Trinajstić information content (AvgIpc) is 3.22. The van der Waals surface area contributed by atoms with Crippen molar-refractivity contribution in [2.45, 2.75) is 6.54 Å². The minimum Gasteiger partial charge on any atom is -0.497 e. The SMILES string of the molecule is CN=C(NCCNC(=O)c1ccco1)NCc1ccc(OC)cc1OC. The number of carbonyl (C=O) groups excluding carboxylic acids is 1. The van der Waals surface area contributed by atoms with E-state index in [1.165, 1.54) is 6.26 Å². The molecule has 0 atom stereocenters. The minimum atomic E-state index is -0.247. The van der Waals surface area contributed by atoms with Crippen LogP contribution in [0.1, 0.15) is 16.1 Å². The topological polar surface area (TPSA) is 97.1 Å². The maximum atomic E-state index is 11.8. The zero-order valence-corrected chi connectivity index (χ0v) is 15.2. The van der Waals surface area contributed by atoms with Gasteiger partial charge in [-0.1, -0.05) is 0 Å². The zero-order valence-electron chi connectivity index (χ0n) is 15.2. The summed E-state index contributed by atoms with van der Waals surface area (Å²) in [5.74, 6) is 2.13. The van der Waals surface area contributed by atoms with E-state index < -0.39 is 0 Å². The van der Waals surface area contributed by atoms with Gasteiger partial charge in [0.15, 0.2) is 11.7 Å². The molecule has 0 aliphatic heterocycles. The standard InChI is InChI=1S/C18H24N4O4/c1-19-18(21-9-8-20-17(23)15-5-4-10-26-15)22-12-13-6-7-14(24-2)11-16(13)25-3/h4-7,10-11H,8-9,12H2,1-3H3,(H,20,23)(H2,19,21,22). The lowest BCUT2D eigenvalue weighted by Gasteiger charge is -2.14. The fourth-order valence-corrected chi connectivity index (χ4v) is 2.25. The third-order valence-corrected chi connectivity index (χ3v) is 3.61. The fourth-order valence-electron chi connectivity index (χ4n) is 2.25. The first kappa shape index (κ1) is 19.2. The molecule has 2 rings (SSSR count). The Morgan fingerprint density at radius 2 is 1.92 bits per heavy atom. The van der Waals surface area contributed by atoms with E-state index in [-0.39, 0.29) is 5.91 Å². The van der Waals surface area contributed by atoms with E-state index in [1.54, 1.807) is 33.4 Å². The minimum absolute atomic E-state index is 0.247. The Labute approximate surface area is 152 Å². The number of furan rings is 1. The number of ether oxygens (including phenoxy) is 2. The summed E-state index contributed by atoms with van der Waals surface area (Å²) in [5.41, 5.74) is 0.974. The molecular weight excluding hydrogens is 336 g/mol. The highest BCUT2D eigenvalue weighted by Crippen LogP contribution is 2.24. The molecule has 0 aliphatic rings. The van der Waals surface area contributed by atoms with Crippen LogP contribution in [0.15, 0.2) is 46.0 Å². The summed E-state index contributed by atoms with van der Waals surface area (Å²) in [6.07, 6.45) is 1.46. The fraction of sp³-hybridized carbons (Fsp3) is 0.333. The number of nitrogens with one attached hydrogen (secondary N) is 3. The van der Waals surface area contributed by atoms with E-state index >= 15 is 0 Å². The largest absolute Gasteiger partial charge is 0.497 e. The molecule has 2 aromatic rings. The van der Waals surface area contributed by atoms with Crippen LogP contribution in [-0.2, 0) is 6.54 Å². The summed E-state index contributed by atoms with van der Waals surface area (Å²) in [6.45, 7) is 1.49. The van der Waals surface area contributed by atoms with Gasteiger partial charge >= 0.3 is 0 Å². The van der Waals surface area contributed by atoms with Crippen molar-refractivity contribution in [1.82, 2.24) is 16.0 Å². The van der Waals surface area contributed by atoms with Crippen LogP contribution in [0.2, 0.25) is 0 Å². The maximum absolute atomic E-state index is 11.8. The van der Waals surface area contributed by atoms with Gasteiger partial charge in [-0.25, -0.2) is 0 Å². The second-order valence-corrected chi connectivity index (χ2v) is 5.26. The van der Waals surface area contributed by atoms with Crippen LogP contribution in [0.5, 0.6) is 11.5 Å². The third kappa shape index (κ3) is 5.44. The second kappa shape index (κ2) is 9.97. The number of rotatable bonds is 8. The van der Waals surface area contributed by atoms with Crippen molar-refractivity contribution in [3.8, 4) is 11.5 Å². The van der Waals surface area contributed by atoms with Gasteiger partial charge in [0.1, 0.15) is 11.5 Å². The van der Waals surface area contributed by atoms with Gasteiger partial charge in [-0.15, -0.1) is 0 Å². The van der Waals surface area contributed by atoms with Crippen molar-refractivity contribution in [3.05, 3.63) is 47.9 Å². The molecule has 1 amide bonds. The molecule has 0 aliphatic carbocycles. The summed E-state index contributed by atoms with van der Waals surface area (Å²) in [5, 5.41) is 9.09. The van der Waals surface area contributed by atoms with Crippen LogP contribution in [0, 0.1) is 0 Å². The van der Waals surface area contributed by atoms with Crippen LogP contribution in [0.4, 0.5) is 0 Å². The molecule has 0 saturated carbocycles. The number of carbonyl (C=O) groups is 1. The van der Waals surface area contributed by atoms with E-state index in [0.29, 0.717) is 31.4 Å². The van der Waals surface area contributed by atoms with Crippen LogP contribution in [-0.4, -0.2) is 46.2 Å². The lowest BCUT2D eigenvalue weighted by atomic mass is 10.2. The van der Waals surface area contributed by atoms with E-state index in [2.05, 4.69) is 20.9 Å². The normalized spacial score (nSPS) is 11.0. The third-order valence-electron chi connectivity index (χ3n) is 3.61. The molecule has 1 aromatic heterocycles. The van der Waals surface area contributed by atoms with Crippen molar-refractivity contribution >= 4 is 11.9 Å². The number of benzene rings is 1. The Bertz CT molecular complexity index is 729. The van der Waals surface area contributed by atoms with Gasteiger partial charge < -0.3 is 29.8 Å². The molecule has 0 bridgehead atoms. The lowest BCUT2D eigenvalue weighted by molar-refractivity contribution is 0.0926. The van der Waals surface area contributed by atoms with Gasteiger partial charge in [0.25, 0.3) is 5.91 Å². The first-order valence-electron chi connectivity index (χ1n) is 8.15. The van der Waals surface area contributed by atoms with Crippen molar-refractivity contribution in [1.29, 1.82) is 0 Å². The van der Waals surface area contributed by atoms with Crippen molar-refractivity contribution in [2.24, 2.45) is 4.99 Å². The molecule has 140 valence electrons. The predicted molar refractivity (Wildman–Crippen MR) is 98.8 cm³/mol. The number of methoxy groups -OCH3 is 2. The highest BCUT2D eigenvalue weighted by molar-refractivity contribution is 5.91. The second-order valence-electron chi connectivity index (χ2n) is 5.26. The number of nitrogens with zero attached hydrogens (tertiary/aromatic N) is 1. The number of aliphatic imine (C=N–C) groups is 1. The van der Waals surface area contributed by atoms with E-state index in [0.717, 1.165) is 17.1 Å². The summed E-state index contributed by atoms with van der Waals surface area (Å²) in [4.78, 5) is 15.9. The van der Waals surface area contributed by atoms with Gasteiger partial charge in [0, 0.05) is 38.3 Å². The summed E-state index contributed by atoms with van der Waals surface area (Å²) in [6, 6.07) is 8.93. The van der Waals surface area contributed by atoms with E-state index in [4.69, 9.17) is 13.9 Å². The molecule has 1 heterocycles. The Morgan fingerprint density at radius 3 is 2.58 bits per heavy atom. The molecule has 0 spiro atoms. The molecule has 26 heavy (non-hydrogen) atoms. The highest BCUT2D eigenvalue weighted by Gasteiger charge is 2.08. The van der Waals surface area contributed by atoms with Gasteiger partial charge in [-0.05, 0) is 24.3 Å².